The van der Waals surface area contributed by atoms with E-state index >= 15 is 0 Å². The van der Waals surface area contributed by atoms with Crippen LogP contribution in [-0.2, 0) is 4.74 Å². The Balaban J connectivity index is 1.68. The first-order valence-electron chi connectivity index (χ1n) is 8.84. The number of halogens is 1. The maximum absolute atomic E-state index is 11.9. The van der Waals surface area contributed by atoms with Gasteiger partial charge in [0.25, 0.3) is 0 Å². The molecule has 0 saturated carbocycles. The van der Waals surface area contributed by atoms with Gasteiger partial charge in [0.15, 0.2) is 0 Å². The Hall–Kier alpha value is -2.38. The van der Waals surface area contributed by atoms with Crippen molar-refractivity contribution < 1.29 is 9.53 Å². The maximum Gasteiger partial charge on any atom is 0.409 e. The Morgan fingerprint density at radius 2 is 1.93 bits per heavy atom. The molecular weight excluding hydrogens is 384 g/mol. The van der Waals surface area contributed by atoms with Crippen LogP contribution in [0.2, 0.25) is 5.28 Å². The third-order valence-corrected chi connectivity index (χ3v) is 5.62. The topological polar surface area (TPSA) is 58.6 Å². The predicted octanol–water partition coefficient (Wildman–Crippen LogP) is 4.29. The molecule has 4 rings (SSSR count). The number of hydrogen-bond donors (Lipinski definition) is 0. The van der Waals surface area contributed by atoms with Gasteiger partial charge in [0, 0.05) is 37.1 Å². The molecule has 1 amide bonds. The number of anilines is 1. The molecule has 0 radical (unpaired) electrons. The molecule has 1 aliphatic heterocycles. The molecule has 3 aromatic rings. The fourth-order valence-corrected chi connectivity index (χ4v) is 4.43. The summed E-state index contributed by atoms with van der Waals surface area (Å²) in [4.78, 5) is 25.7. The van der Waals surface area contributed by atoms with Gasteiger partial charge < -0.3 is 14.5 Å². The first-order chi connectivity index (χ1) is 13.2. The van der Waals surface area contributed by atoms with E-state index in [0.29, 0.717) is 32.8 Å². The van der Waals surface area contributed by atoms with E-state index in [1.165, 1.54) is 0 Å². The molecule has 0 atom stereocenters. The van der Waals surface area contributed by atoms with Gasteiger partial charge in [0.2, 0.25) is 5.28 Å². The fourth-order valence-electron chi connectivity index (χ4n) is 3.27. The molecule has 3 heterocycles. The minimum atomic E-state index is -0.261. The van der Waals surface area contributed by atoms with Gasteiger partial charge in [-0.2, -0.15) is 4.98 Å². The third-order valence-electron chi connectivity index (χ3n) is 4.58. The van der Waals surface area contributed by atoms with Crippen LogP contribution >= 0.6 is 22.9 Å². The minimum Gasteiger partial charge on any atom is -0.450 e. The van der Waals surface area contributed by atoms with E-state index in [9.17, 15) is 4.79 Å². The van der Waals surface area contributed by atoms with Crippen LogP contribution in [0.25, 0.3) is 21.3 Å². The van der Waals surface area contributed by atoms with E-state index in [1.807, 2.05) is 25.1 Å². The summed E-state index contributed by atoms with van der Waals surface area (Å²) >= 11 is 7.76. The molecule has 0 bridgehead atoms. The quantitative estimate of drug-likeness (QED) is 0.611. The monoisotopic (exact) mass is 402 g/mol. The van der Waals surface area contributed by atoms with E-state index in [0.717, 1.165) is 27.2 Å². The van der Waals surface area contributed by atoms with Gasteiger partial charge in [-0.1, -0.05) is 30.3 Å². The van der Waals surface area contributed by atoms with Crippen molar-refractivity contribution in [2.24, 2.45) is 0 Å². The molecule has 27 heavy (non-hydrogen) atoms. The second-order valence-corrected chi connectivity index (χ2v) is 7.38. The Bertz CT molecular complexity index is 955. The average Bonchev–Trinajstić information content (AvgIpc) is 3.12. The van der Waals surface area contributed by atoms with Crippen molar-refractivity contribution in [3.05, 3.63) is 41.0 Å². The van der Waals surface area contributed by atoms with Crippen molar-refractivity contribution in [3.63, 3.8) is 0 Å². The van der Waals surface area contributed by atoms with Crippen LogP contribution in [-0.4, -0.2) is 53.7 Å². The SMILES string of the molecule is CCOC(=O)N1CCN(c2nc(Cl)nc3scc(-c4ccccc4)c23)CC1. The zero-order valence-electron chi connectivity index (χ0n) is 14.9. The number of aromatic nitrogens is 2. The van der Waals surface area contributed by atoms with Crippen LogP contribution in [0.3, 0.4) is 0 Å². The Labute approximate surface area is 166 Å². The van der Waals surface area contributed by atoms with Crippen LogP contribution in [0.5, 0.6) is 0 Å². The molecule has 0 spiro atoms. The highest BCUT2D eigenvalue weighted by atomic mass is 35.5. The normalized spacial score (nSPS) is 14.6. The fraction of sp³-hybridized carbons (Fsp3) is 0.316. The van der Waals surface area contributed by atoms with Crippen molar-refractivity contribution in [1.82, 2.24) is 14.9 Å². The lowest BCUT2D eigenvalue weighted by Gasteiger charge is -2.35. The molecule has 0 unspecified atom stereocenters. The molecule has 0 aliphatic carbocycles. The van der Waals surface area contributed by atoms with Crippen LogP contribution in [0, 0.1) is 0 Å². The first-order valence-corrected chi connectivity index (χ1v) is 10.1. The Morgan fingerprint density at radius 1 is 1.19 bits per heavy atom. The van der Waals surface area contributed by atoms with Crippen molar-refractivity contribution in [2.45, 2.75) is 6.92 Å². The van der Waals surface area contributed by atoms with Gasteiger partial charge in [0.05, 0.1) is 12.0 Å². The second-order valence-electron chi connectivity index (χ2n) is 6.18. The number of nitrogens with zero attached hydrogens (tertiary/aromatic N) is 4. The number of benzene rings is 1. The van der Waals surface area contributed by atoms with Crippen molar-refractivity contribution in [3.8, 4) is 11.1 Å². The highest BCUT2D eigenvalue weighted by molar-refractivity contribution is 7.17. The van der Waals surface area contributed by atoms with E-state index in [2.05, 4.69) is 32.4 Å². The molecule has 8 heteroatoms. The molecule has 6 nitrogen and oxygen atoms in total. The molecule has 1 aliphatic rings. The number of amides is 1. The smallest absolute Gasteiger partial charge is 0.409 e. The van der Waals surface area contributed by atoms with Gasteiger partial charge in [-0.25, -0.2) is 9.78 Å². The predicted molar refractivity (Wildman–Crippen MR) is 109 cm³/mol. The summed E-state index contributed by atoms with van der Waals surface area (Å²) in [6.07, 6.45) is -0.261. The highest BCUT2D eigenvalue weighted by Crippen LogP contribution is 2.39. The Morgan fingerprint density at radius 3 is 2.63 bits per heavy atom. The molecule has 140 valence electrons. The summed E-state index contributed by atoms with van der Waals surface area (Å²) in [5.74, 6) is 0.827. The summed E-state index contributed by atoms with van der Waals surface area (Å²) < 4.78 is 5.10. The van der Waals surface area contributed by atoms with Gasteiger partial charge in [-0.15, -0.1) is 11.3 Å². The van der Waals surface area contributed by atoms with Crippen LogP contribution in [0.15, 0.2) is 35.7 Å². The summed E-state index contributed by atoms with van der Waals surface area (Å²) in [5.41, 5.74) is 2.23. The average molecular weight is 403 g/mol. The molecule has 2 aromatic heterocycles. The zero-order chi connectivity index (χ0) is 18.8. The van der Waals surface area contributed by atoms with E-state index in [-0.39, 0.29) is 11.4 Å². The van der Waals surface area contributed by atoms with Crippen molar-refractivity contribution in [1.29, 1.82) is 0 Å². The summed E-state index contributed by atoms with van der Waals surface area (Å²) in [6.45, 7) is 4.72. The summed E-state index contributed by atoms with van der Waals surface area (Å²) in [7, 11) is 0. The highest BCUT2D eigenvalue weighted by Gasteiger charge is 2.26. The largest absolute Gasteiger partial charge is 0.450 e. The lowest BCUT2D eigenvalue weighted by molar-refractivity contribution is 0.105. The Kier molecular flexibility index (Phi) is 5.13. The summed E-state index contributed by atoms with van der Waals surface area (Å²) in [5, 5.41) is 3.36. The van der Waals surface area contributed by atoms with Crippen LogP contribution < -0.4 is 4.90 Å². The van der Waals surface area contributed by atoms with Crippen LogP contribution in [0.4, 0.5) is 10.6 Å². The number of piperazine rings is 1. The summed E-state index contributed by atoms with van der Waals surface area (Å²) in [6, 6.07) is 10.2. The molecule has 1 aromatic carbocycles. The van der Waals surface area contributed by atoms with Gasteiger partial charge >= 0.3 is 6.09 Å². The number of rotatable bonds is 3. The molecule has 0 N–H and O–H groups in total. The lowest BCUT2D eigenvalue weighted by atomic mass is 10.1. The number of hydrogen-bond acceptors (Lipinski definition) is 6. The first kappa shape index (κ1) is 18.0. The number of ether oxygens (including phenoxy) is 1. The van der Waals surface area contributed by atoms with Gasteiger partial charge in [-0.3, -0.25) is 0 Å². The lowest BCUT2D eigenvalue weighted by Crippen LogP contribution is -2.49. The number of carbonyl (C=O) groups is 1. The van der Waals surface area contributed by atoms with E-state index < -0.39 is 0 Å². The van der Waals surface area contributed by atoms with Crippen molar-refractivity contribution in [2.75, 3.05) is 37.7 Å². The van der Waals surface area contributed by atoms with Crippen LogP contribution in [0.1, 0.15) is 6.92 Å². The minimum absolute atomic E-state index is 0.242. The zero-order valence-corrected chi connectivity index (χ0v) is 16.5. The maximum atomic E-state index is 11.9. The number of thiophene rings is 1. The number of carbonyl (C=O) groups excluding carboxylic acids is 1. The van der Waals surface area contributed by atoms with E-state index in [4.69, 9.17) is 16.3 Å². The molecule has 1 saturated heterocycles. The second kappa shape index (κ2) is 7.70. The van der Waals surface area contributed by atoms with Crippen molar-refractivity contribution >= 4 is 45.1 Å². The van der Waals surface area contributed by atoms with E-state index in [1.54, 1.807) is 16.2 Å². The number of fused-ring (bicyclic) bond motifs is 1. The molecular formula is C19H19ClN4O2S. The standard InChI is InChI=1S/C19H19ClN4O2S/c1-2-26-19(25)24-10-8-23(9-11-24)16-15-14(13-6-4-3-5-7-13)12-27-17(15)22-18(20)21-16/h3-7,12H,2,8-11H2,1H3. The van der Waals surface area contributed by atoms with Gasteiger partial charge in [-0.05, 0) is 24.1 Å². The van der Waals surface area contributed by atoms with Gasteiger partial charge in [0.1, 0.15) is 10.6 Å². The third kappa shape index (κ3) is 3.57. The molecule has 1 fully saturated rings.